The topological polar surface area (TPSA) is 83.0 Å². The maximum Gasteiger partial charge on any atom is 0.280 e. The second-order valence-corrected chi connectivity index (χ2v) is 6.59. The molecular weight excluding hydrogens is 324 g/mol. The molecule has 2 N–H and O–H groups in total. The number of allylic oxidation sites excluding steroid dienone is 1. The summed E-state index contributed by atoms with van der Waals surface area (Å²) in [6.07, 6.45) is 7.44. The smallest absolute Gasteiger partial charge is 0.280 e. The first-order chi connectivity index (χ1) is 11.6. The molecule has 2 aromatic rings. The van der Waals surface area contributed by atoms with Crippen molar-refractivity contribution < 1.29 is 4.79 Å². The van der Waals surface area contributed by atoms with E-state index in [-0.39, 0.29) is 5.91 Å². The minimum absolute atomic E-state index is 0.151. The van der Waals surface area contributed by atoms with E-state index in [1.165, 1.54) is 17.7 Å². The molecule has 2 heterocycles. The van der Waals surface area contributed by atoms with E-state index >= 15 is 0 Å². The van der Waals surface area contributed by atoms with Crippen LogP contribution in [0.4, 0.5) is 5.82 Å². The number of thiazole rings is 1. The number of amides is 1. The molecule has 0 unspecified atom stereocenters. The fraction of sp³-hybridized carbons (Fsp3) is 0.500. The Morgan fingerprint density at radius 1 is 1.33 bits per heavy atom. The Hall–Kier alpha value is -2.06. The van der Waals surface area contributed by atoms with Crippen molar-refractivity contribution in [2.24, 2.45) is 0 Å². The first kappa shape index (κ1) is 18.3. The third kappa shape index (κ3) is 5.24. The number of carbonyl (C=O) groups excluding carboxylic acids is 1. The molecule has 0 fully saturated rings. The van der Waals surface area contributed by atoms with Gasteiger partial charge in [-0.2, -0.15) is 0 Å². The molecule has 8 heteroatoms. The van der Waals surface area contributed by atoms with E-state index in [1.54, 1.807) is 0 Å². The number of unbranched alkanes of at least 4 members (excludes halogenated alkanes) is 1. The van der Waals surface area contributed by atoms with E-state index < -0.39 is 0 Å². The molecule has 0 saturated carbocycles. The van der Waals surface area contributed by atoms with E-state index in [0.29, 0.717) is 34.3 Å². The molecule has 0 aromatic carbocycles. The van der Waals surface area contributed by atoms with E-state index in [4.69, 9.17) is 0 Å². The number of carbonyl (C=O) groups is 1. The lowest BCUT2D eigenvalue weighted by Gasteiger charge is -2.08. The second kappa shape index (κ2) is 9.29. The lowest BCUT2D eigenvalue weighted by molar-refractivity contribution is 0.0952. The second-order valence-electron chi connectivity index (χ2n) is 5.61. The normalized spacial score (nSPS) is 11.5. The Bertz CT molecular complexity index is 697. The standard InChI is InChI=1S/C16H24N6OS/c1-4-5-8-17-13-12-15(20-11-19-13)24-16(21-12)14(23)18-9-6-7-10-22(2)3/h4-5,11H,6-10H2,1-3H3,(H,18,23)(H,17,19,20)/b5-4-. The molecule has 7 nitrogen and oxygen atoms in total. The van der Waals surface area contributed by atoms with Crippen LogP contribution in [0.15, 0.2) is 18.5 Å². The zero-order valence-electron chi connectivity index (χ0n) is 14.4. The molecular formula is C16H24N6OS. The van der Waals surface area contributed by atoms with Gasteiger partial charge < -0.3 is 15.5 Å². The lowest BCUT2D eigenvalue weighted by Crippen LogP contribution is -2.25. The van der Waals surface area contributed by atoms with E-state index in [9.17, 15) is 4.79 Å². The van der Waals surface area contributed by atoms with Crippen molar-refractivity contribution >= 4 is 33.4 Å². The summed E-state index contributed by atoms with van der Waals surface area (Å²) in [6, 6.07) is 0. The number of anilines is 1. The Balaban J connectivity index is 1.96. The fourth-order valence-electron chi connectivity index (χ4n) is 2.08. The molecule has 0 aliphatic rings. The summed E-state index contributed by atoms with van der Waals surface area (Å²) in [5, 5.41) is 6.52. The van der Waals surface area contributed by atoms with Gasteiger partial charge in [0.25, 0.3) is 5.91 Å². The minimum atomic E-state index is -0.151. The summed E-state index contributed by atoms with van der Waals surface area (Å²) in [5.41, 5.74) is 0.643. The number of nitrogens with one attached hydrogen (secondary N) is 2. The van der Waals surface area contributed by atoms with Gasteiger partial charge in [0, 0.05) is 13.1 Å². The van der Waals surface area contributed by atoms with E-state index in [0.717, 1.165) is 19.4 Å². The molecule has 24 heavy (non-hydrogen) atoms. The van der Waals surface area contributed by atoms with Gasteiger partial charge in [0.15, 0.2) is 10.8 Å². The minimum Gasteiger partial charge on any atom is -0.365 e. The van der Waals surface area contributed by atoms with Crippen molar-refractivity contribution in [1.29, 1.82) is 0 Å². The van der Waals surface area contributed by atoms with Crippen LogP contribution in [0.2, 0.25) is 0 Å². The predicted octanol–water partition coefficient (Wildman–Crippen LogP) is 2.15. The van der Waals surface area contributed by atoms with Crippen LogP contribution in [-0.4, -0.2) is 59.5 Å². The Labute approximate surface area is 146 Å². The Morgan fingerprint density at radius 2 is 2.17 bits per heavy atom. The van der Waals surface area contributed by atoms with Crippen molar-refractivity contribution in [2.75, 3.05) is 39.0 Å². The summed E-state index contributed by atoms with van der Waals surface area (Å²) >= 11 is 1.29. The van der Waals surface area contributed by atoms with Crippen molar-refractivity contribution in [2.45, 2.75) is 19.8 Å². The van der Waals surface area contributed by atoms with Crippen LogP contribution in [0.3, 0.4) is 0 Å². The molecule has 2 aromatic heterocycles. The highest BCUT2D eigenvalue weighted by Crippen LogP contribution is 2.24. The summed E-state index contributed by atoms with van der Waals surface area (Å²) in [6.45, 7) is 4.29. The van der Waals surface area contributed by atoms with Crippen LogP contribution in [0.25, 0.3) is 10.3 Å². The fourth-order valence-corrected chi connectivity index (χ4v) is 2.91. The highest BCUT2D eigenvalue weighted by molar-refractivity contribution is 7.19. The monoisotopic (exact) mass is 348 g/mol. The summed E-state index contributed by atoms with van der Waals surface area (Å²) in [4.78, 5) is 27.9. The van der Waals surface area contributed by atoms with Crippen molar-refractivity contribution in [3.05, 3.63) is 23.5 Å². The summed E-state index contributed by atoms with van der Waals surface area (Å²) < 4.78 is 0. The van der Waals surface area contributed by atoms with E-state index in [1.807, 2.05) is 33.2 Å². The van der Waals surface area contributed by atoms with Crippen LogP contribution in [0.5, 0.6) is 0 Å². The van der Waals surface area contributed by atoms with Gasteiger partial charge >= 0.3 is 0 Å². The lowest BCUT2D eigenvalue weighted by atomic mass is 10.3. The van der Waals surface area contributed by atoms with Crippen LogP contribution in [0, 0.1) is 0 Å². The SMILES string of the molecule is C/C=C\CNc1ncnc2sc(C(=O)NCCCCN(C)C)nc12. The quantitative estimate of drug-likeness (QED) is 0.534. The zero-order valence-corrected chi connectivity index (χ0v) is 15.2. The van der Waals surface area contributed by atoms with Crippen LogP contribution in [-0.2, 0) is 0 Å². The molecule has 0 saturated heterocycles. The molecule has 0 bridgehead atoms. The number of nitrogens with zero attached hydrogens (tertiary/aromatic N) is 4. The van der Waals surface area contributed by atoms with Crippen molar-refractivity contribution in [1.82, 2.24) is 25.2 Å². The third-order valence-electron chi connectivity index (χ3n) is 3.33. The molecule has 0 spiro atoms. The summed E-state index contributed by atoms with van der Waals surface area (Å²) in [7, 11) is 4.09. The Morgan fingerprint density at radius 3 is 2.92 bits per heavy atom. The molecule has 0 aliphatic carbocycles. The average Bonchev–Trinajstić information content (AvgIpc) is 2.99. The zero-order chi connectivity index (χ0) is 17.4. The van der Waals surface area contributed by atoms with Crippen molar-refractivity contribution in [3.8, 4) is 0 Å². The number of hydrogen-bond donors (Lipinski definition) is 2. The molecule has 2 rings (SSSR count). The van der Waals surface area contributed by atoms with Gasteiger partial charge in [-0.1, -0.05) is 23.5 Å². The van der Waals surface area contributed by atoms with Crippen molar-refractivity contribution in [3.63, 3.8) is 0 Å². The van der Waals surface area contributed by atoms with E-state index in [2.05, 4.69) is 30.5 Å². The van der Waals surface area contributed by atoms with Crippen LogP contribution < -0.4 is 10.6 Å². The van der Waals surface area contributed by atoms with Gasteiger partial charge in [-0.15, -0.1) is 0 Å². The molecule has 0 atom stereocenters. The van der Waals surface area contributed by atoms with Gasteiger partial charge in [0.2, 0.25) is 0 Å². The predicted molar refractivity (Wildman–Crippen MR) is 98.6 cm³/mol. The highest BCUT2D eigenvalue weighted by atomic mass is 32.1. The Kier molecular flexibility index (Phi) is 7.07. The first-order valence-electron chi connectivity index (χ1n) is 8.01. The molecule has 130 valence electrons. The molecule has 0 aliphatic heterocycles. The average molecular weight is 348 g/mol. The number of hydrogen-bond acceptors (Lipinski definition) is 7. The maximum absolute atomic E-state index is 12.2. The van der Waals surface area contributed by atoms with Gasteiger partial charge in [0.05, 0.1) is 0 Å². The van der Waals surface area contributed by atoms with Crippen LogP contribution in [0.1, 0.15) is 29.6 Å². The number of fused-ring (bicyclic) bond motifs is 1. The highest BCUT2D eigenvalue weighted by Gasteiger charge is 2.15. The van der Waals surface area contributed by atoms with Crippen LogP contribution >= 0.6 is 11.3 Å². The maximum atomic E-state index is 12.2. The molecule has 0 radical (unpaired) electrons. The van der Waals surface area contributed by atoms with Gasteiger partial charge in [-0.3, -0.25) is 4.79 Å². The largest absolute Gasteiger partial charge is 0.365 e. The molecule has 1 amide bonds. The first-order valence-corrected chi connectivity index (χ1v) is 8.83. The third-order valence-corrected chi connectivity index (χ3v) is 4.29. The van der Waals surface area contributed by atoms with Gasteiger partial charge in [0.1, 0.15) is 16.7 Å². The van der Waals surface area contributed by atoms with Gasteiger partial charge in [-0.05, 0) is 40.4 Å². The number of rotatable bonds is 9. The van der Waals surface area contributed by atoms with Gasteiger partial charge in [-0.25, -0.2) is 15.0 Å². The number of aromatic nitrogens is 3. The summed E-state index contributed by atoms with van der Waals surface area (Å²) in [5.74, 6) is 0.502.